The standard InChI is InChI=1S/C20H41O6/c1-4-7-10-23-17-18-26-19-20(8-11-24-15-13-21-5-2)9-12-25-16-14-22-6-3/h4-19H2,1-3H3. The molecular formula is C20H41O6. The molecule has 0 aromatic rings. The molecule has 0 aliphatic heterocycles. The van der Waals surface area contributed by atoms with E-state index in [-0.39, 0.29) is 0 Å². The van der Waals surface area contributed by atoms with Crippen LogP contribution in [0.25, 0.3) is 0 Å². The molecule has 0 N–H and O–H groups in total. The SMILES string of the molecule is CCCCOCCOC[C](CCOCCOCC)CCOCCOCC. The number of unbranched alkanes of at least 4 members (excludes halogenated alkanes) is 1. The van der Waals surface area contributed by atoms with Gasteiger partial charge in [0, 0.05) is 39.0 Å². The average Bonchev–Trinajstić information content (AvgIpc) is 2.65. The summed E-state index contributed by atoms with van der Waals surface area (Å²) in [7, 11) is 0. The maximum absolute atomic E-state index is 5.74. The lowest BCUT2D eigenvalue weighted by Gasteiger charge is -2.17. The van der Waals surface area contributed by atoms with E-state index in [0.29, 0.717) is 59.5 Å². The van der Waals surface area contributed by atoms with Gasteiger partial charge in [0.1, 0.15) is 0 Å². The Bertz CT molecular complexity index is 236. The fraction of sp³-hybridized carbons (Fsp3) is 0.950. The lowest BCUT2D eigenvalue weighted by atomic mass is 10.0. The first-order valence-corrected chi connectivity index (χ1v) is 10.1. The Balaban J connectivity index is 3.77. The van der Waals surface area contributed by atoms with Gasteiger partial charge in [-0.25, -0.2) is 0 Å². The van der Waals surface area contributed by atoms with Crippen molar-refractivity contribution in [3.63, 3.8) is 0 Å². The molecule has 157 valence electrons. The zero-order valence-corrected chi connectivity index (χ0v) is 17.3. The molecule has 0 heterocycles. The van der Waals surface area contributed by atoms with Gasteiger partial charge in [-0.3, -0.25) is 0 Å². The number of hydrogen-bond acceptors (Lipinski definition) is 6. The summed E-state index contributed by atoms with van der Waals surface area (Å²) < 4.78 is 33.0. The van der Waals surface area contributed by atoms with E-state index in [4.69, 9.17) is 28.4 Å². The van der Waals surface area contributed by atoms with Gasteiger partial charge in [0.15, 0.2) is 0 Å². The predicted octanol–water partition coefficient (Wildman–Crippen LogP) is 3.28. The van der Waals surface area contributed by atoms with E-state index in [1.54, 1.807) is 0 Å². The zero-order valence-electron chi connectivity index (χ0n) is 17.3. The molecule has 0 spiro atoms. The van der Waals surface area contributed by atoms with E-state index in [9.17, 15) is 0 Å². The highest BCUT2D eigenvalue weighted by Crippen LogP contribution is 2.13. The van der Waals surface area contributed by atoms with Crippen LogP contribution in [0.4, 0.5) is 0 Å². The van der Waals surface area contributed by atoms with Gasteiger partial charge < -0.3 is 28.4 Å². The first kappa shape index (κ1) is 25.8. The van der Waals surface area contributed by atoms with Crippen LogP contribution in [0.1, 0.15) is 46.5 Å². The Labute approximate surface area is 160 Å². The molecule has 0 saturated carbocycles. The fourth-order valence-corrected chi connectivity index (χ4v) is 2.11. The fourth-order valence-electron chi connectivity index (χ4n) is 2.11. The molecule has 6 nitrogen and oxygen atoms in total. The van der Waals surface area contributed by atoms with Crippen LogP contribution in [-0.2, 0) is 28.4 Å². The summed E-state index contributed by atoms with van der Waals surface area (Å²) in [6.07, 6.45) is 4.04. The Morgan fingerprint density at radius 1 is 0.500 bits per heavy atom. The first-order valence-electron chi connectivity index (χ1n) is 10.1. The molecule has 1 radical (unpaired) electrons. The number of hydrogen-bond donors (Lipinski definition) is 0. The van der Waals surface area contributed by atoms with E-state index in [2.05, 4.69) is 6.92 Å². The minimum absolute atomic E-state index is 0.629. The van der Waals surface area contributed by atoms with Gasteiger partial charge in [0.25, 0.3) is 0 Å². The highest BCUT2D eigenvalue weighted by atomic mass is 16.5. The van der Waals surface area contributed by atoms with Gasteiger partial charge in [-0.05, 0) is 33.1 Å². The third-order valence-corrected chi connectivity index (χ3v) is 3.67. The van der Waals surface area contributed by atoms with Gasteiger partial charge >= 0.3 is 0 Å². The molecule has 0 aromatic heterocycles. The predicted molar refractivity (Wildman–Crippen MR) is 104 cm³/mol. The van der Waals surface area contributed by atoms with Gasteiger partial charge in [-0.2, -0.15) is 0 Å². The topological polar surface area (TPSA) is 55.4 Å². The third-order valence-electron chi connectivity index (χ3n) is 3.67. The van der Waals surface area contributed by atoms with E-state index < -0.39 is 0 Å². The molecule has 0 aromatic carbocycles. The molecule has 0 aliphatic rings. The Hall–Kier alpha value is -0.240. The molecular weight excluding hydrogens is 336 g/mol. The maximum Gasteiger partial charge on any atom is 0.0700 e. The number of rotatable bonds is 22. The summed E-state index contributed by atoms with van der Waals surface area (Å²) in [4.78, 5) is 0. The first-order chi connectivity index (χ1) is 12.8. The van der Waals surface area contributed by atoms with Crippen molar-refractivity contribution >= 4 is 0 Å². The van der Waals surface area contributed by atoms with Crippen molar-refractivity contribution in [1.82, 2.24) is 0 Å². The highest BCUT2D eigenvalue weighted by molar-refractivity contribution is 4.89. The summed E-state index contributed by atoms with van der Waals surface area (Å²) in [5.74, 6) is 1.31. The van der Waals surface area contributed by atoms with Gasteiger partial charge in [0.2, 0.25) is 0 Å². The van der Waals surface area contributed by atoms with Crippen LogP contribution in [0.3, 0.4) is 0 Å². The van der Waals surface area contributed by atoms with Crippen molar-refractivity contribution in [2.75, 3.05) is 79.3 Å². The Kier molecular flexibility index (Phi) is 22.6. The van der Waals surface area contributed by atoms with E-state index >= 15 is 0 Å². The zero-order chi connectivity index (χ0) is 19.1. The van der Waals surface area contributed by atoms with Crippen molar-refractivity contribution in [3.05, 3.63) is 5.92 Å². The van der Waals surface area contributed by atoms with Gasteiger partial charge in [-0.1, -0.05) is 13.3 Å². The van der Waals surface area contributed by atoms with Crippen LogP contribution in [-0.4, -0.2) is 79.3 Å². The van der Waals surface area contributed by atoms with Crippen LogP contribution in [0.15, 0.2) is 0 Å². The van der Waals surface area contributed by atoms with E-state index in [0.717, 1.165) is 45.5 Å². The summed E-state index contributed by atoms with van der Waals surface area (Å²) >= 11 is 0. The normalized spacial score (nSPS) is 11.5. The van der Waals surface area contributed by atoms with Gasteiger partial charge in [-0.15, -0.1) is 0 Å². The monoisotopic (exact) mass is 377 g/mol. The van der Waals surface area contributed by atoms with Crippen LogP contribution in [0.5, 0.6) is 0 Å². The molecule has 0 unspecified atom stereocenters. The number of ether oxygens (including phenoxy) is 6. The van der Waals surface area contributed by atoms with Crippen molar-refractivity contribution in [1.29, 1.82) is 0 Å². The quantitative estimate of drug-likeness (QED) is 0.270. The molecule has 0 bridgehead atoms. The third kappa shape index (κ3) is 20.1. The van der Waals surface area contributed by atoms with E-state index in [1.165, 1.54) is 5.92 Å². The minimum atomic E-state index is 0.629. The molecule has 0 rings (SSSR count). The van der Waals surface area contributed by atoms with Crippen molar-refractivity contribution in [3.8, 4) is 0 Å². The second-order valence-corrected chi connectivity index (χ2v) is 5.89. The molecule has 26 heavy (non-hydrogen) atoms. The van der Waals surface area contributed by atoms with E-state index in [1.807, 2.05) is 13.8 Å². The summed E-state index contributed by atoms with van der Waals surface area (Å²) in [6, 6.07) is 0. The summed E-state index contributed by atoms with van der Waals surface area (Å²) in [5.41, 5.74) is 0. The lowest BCUT2D eigenvalue weighted by Crippen LogP contribution is -2.17. The Morgan fingerprint density at radius 3 is 1.46 bits per heavy atom. The smallest absolute Gasteiger partial charge is 0.0700 e. The molecule has 0 saturated heterocycles. The average molecular weight is 378 g/mol. The second-order valence-electron chi connectivity index (χ2n) is 5.89. The van der Waals surface area contributed by atoms with Crippen molar-refractivity contribution < 1.29 is 28.4 Å². The Morgan fingerprint density at radius 2 is 0.962 bits per heavy atom. The lowest BCUT2D eigenvalue weighted by molar-refractivity contribution is 0.0318. The van der Waals surface area contributed by atoms with Crippen LogP contribution in [0, 0.1) is 5.92 Å². The molecule has 0 aliphatic carbocycles. The highest BCUT2D eigenvalue weighted by Gasteiger charge is 2.10. The second kappa shape index (κ2) is 22.8. The maximum atomic E-state index is 5.74. The van der Waals surface area contributed by atoms with Crippen molar-refractivity contribution in [2.45, 2.75) is 46.5 Å². The molecule has 6 heteroatoms. The van der Waals surface area contributed by atoms with Crippen LogP contribution < -0.4 is 0 Å². The molecule has 0 fully saturated rings. The van der Waals surface area contributed by atoms with Crippen LogP contribution >= 0.6 is 0 Å². The molecule has 0 atom stereocenters. The van der Waals surface area contributed by atoms with Crippen molar-refractivity contribution in [2.24, 2.45) is 0 Å². The minimum Gasteiger partial charge on any atom is -0.379 e. The summed E-state index contributed by atoms with van der Waals surface area (Å²) in [6.45, 7) is 14.3. The largest absolute Gasteiger partial charge is 0.379 e. The molecule has 0 amide bonds. The van der Waals surface area contributed by atoms with Gasteiger partial charge in [0.05, 0.1) is 46.2 Å². The summed E-state index contributed by atoms with van der Waals surface area (Å²) in [5, 5.41) is 0. The van der Waals surface area contributed by atoms with Crippen LogP contribution in [0.2, 0.25) is 0 Å².